The number of benzene rings is 2. The van der Waals surface area contributed by atoms with Crippen LogP contribution >= 0.6 is 12.4 Å². The fourth-order valence-electron chi connectivity index (χ4n) is 2.37. The van der Waals surface area contributed by atoms with Crippen molar-refractivity contribution in [2.45, 2.75) is 32.6 Å². The lowest BCUT2D eigenvalue weighted by Crippen LogP contribution is -2.37. The van der Waals surface area contributed by atoms with E-state index in [1.807, 2.05) is 24.3 Å². The van der Waals surface area contributed by atoms with Crippen LogP contribution in [0.15, 0.2) is 48.5 Å². The van der Waals surface area contributed by atoms with Crippen molar-refractivity contribution in [3.63, 3.8) is 0 Å². The van der Waals surface area contributed by atoms with Crippen molar-refractivity contribution in [1.82, 2.24) is 5.32 Å². The summed E-state index contributed by atoms with van der Waals surface area (Å²) in [6, 6.07) is 15.8. The predicted molar refractivity (Wildman–Crippen MR) is 99.0 cm³/mol. The van der Waals surface area contributed by atoms with Crippen LogP contribution in [0.3, 0.4) is 0 Å². The van der Waals surface area contributed by atoms with Gasteiger partial charge in [-0.25, -0.2) is 0 Å². The van der Waals surface area contributed by atoms with E-state index < -0.39 is 0 Å². The molecular weight excluding hydrogens is 308 g/mol. The van der Waals surface area contributed by atoms with Gasteiger partial charge in [0.1, 0.15) is 0 Å². The molecule has 4 heteroatoms. The largest absolute Gasteiger partial charge is 0.399 e. The summed E-state index contributed by atoms with van der Waals surface area (Å²) in [6.45, 7) is 6.99. The van der Waals surface area contributed by atoms with Crippen LogP contribution in [0.4, 0.5) is 5.69 Å². The third-order valence-corrected chi connectivity index (χ3v) is 3.87. The minimum atomic E-state index is -0.0944. The highest BCUT2D eigenvalue weighted by Crippen LogP contribution is 2.23. The lowest BCUT2D eigenvalue weighted by Gasteiger charge is -2.26. The van der Waals surface area contributed by atoms with Gasteiger partial charge < -0.3 is 11.1 Å². The summed E-state index contributed by atoms with van der Waals surface area (Å²) in [5, 5.41) is 3.03. The second-order valence-electron chi connectivity index (χ2n) is 6.45. The molecule has 1 amide bonds. The molecule has 0 spiro atoms. The minimum absolute atomic E-state index is 0. The number of nitrogen functional groups attached to an aromatic ring is 1. The number of nitrogens with one attached hydrogen (secondary N) is 1. The molecule has 0 bridgehead atoms. The maximum absolute atomic E-state index is 12.1. The molecule has 2 aromatic carbocycles. The van der Waals surface area contributed by atoms with Crippen LogP contribution < -0.4 is 11.1 Å². The van der Waals surface area contributed by atoms with E-state index in [0.717, 1.165) is 5.56 Å². The molecule has 0 aliphatic rings. The molecule has 2 rings (SSSR count). The topological polar surface area (TPSA) is 55.1 Å². The van der Waals surface area contributed by atoms with Gasteiger partial charge in [-0.1, -0.05) is 55.8 Å². The molecule has 124 valence electrons. The van der Waals surface area contributed by atoms with E-state index in [9.17, 15) is 4.79 Å². The van der Waals surface area contributed by atoms with E-state index in [1.54, 1.807) is 0 Å². The third kappa shape index (κ3) is 5.61. The van der Waals surface area contributed by atoms with Gasteiger partial charge in [0.05, 0.1) is 6.42 Å². The number of rotatable bonds is 5. The standard InChI is InChI=1S/C19H24N2O.ClH/c1-14-5-4-6-16(11-14)19(2,3)13-21-18(22)12-15-7-9-17(20)10-8-15;/h4-11H,12-13,20H2,1-3H3,(H,21,22);1H. The molecule has 0 aliphatic heterocycles. The second-order valence-corrected chi connectivity index (χ2v) is 6.45. The van der Waals surface area contributed by atoms with Crippen LogP contribution in [-0.4, -0.2) is 12.5 Å². The van der Waals surface area contributed by atoms with Gasteiger partial charge in [0.2, 0.25) is 5.91 Å². The predicted octanol–water partition coefficient (Wildman–Crippen LogP) is 3.64. The Labute approximate surface area is 144 Å². The second kappa shape index (κ2) is 8.02. The van der Waals surface area contributed by atoms with E-state index in [2.05, 4.69) is 50.4 Å². The lowest BCUT2D eigenvalue weighted by molar-refractivity contribution is -0.120. The first-order chi connectivity index (χ1) is 10.4. The summed E-state index contributed by atoms with van der Waals surface area (Å²) in [4.78, 5) is 12.1. The van der Waals surface area contributed by atoms with Gasteiger partial charge in [-0.2, -0.15) is 0 Å². The SMILES string of the molecule is Cc1cccc(C(C)(C)CNC(=O)Cc2ccc(N)cc2)c1.Cl. The average molecular weight is 333 g/mol. The van der Waals surface area contributed by atoms with Crippen LogP contribution in [0.25, 0.3) is 0 Å². The number of hydrogen-bond donors (Lipinski definition) is 2. The maximum atomic E-state index is 12.1. The first-order valence-corrected chi connectivity index (χ1v) is 7.55. The summed E-state index contributed by atoms with van der Waals surface area (Å²) in [6.07, 6.45) is 0.379. The highest BCUT2D eigenvalue weighted by molar-refractivity contribution is 5.85. The summed E-state index contributed by atoms with van der Waals surface area (Å²) in [5.41, 5.74) is 9.71. The summed E-state index contributed by atoms with van der Waals surface area (Å²) < 4.78 is 0. The Kier molecular flexibility index (Phi) is 6.64. The summed E-state index contributed by atoms with van der Waals surface area (Å²) in [5.74, 6) is 0.0329. The number of aryl methyl sites for hydroxylation is 1. The Balaban J connectivity index is 0.00000264. The number of hydrogen-bond acceptors (Lipinski definition) is 2. The van der Waals surface area contributed by atoms with Gasteiger partial charge in [0.25, 0.3) is 0 Å². The van der Waals surface area contributed by atoms with Gasteiger partial charge >= 0.3 is 0 Å². The first-order valence-electron chi connectivity index (χ1n) is 7.55. The van der Waals surface area contributed by atoms with Gasteiger partial charge in [-0.15, -0.1) is 12.4 Å². The molecule has 0 heterocycles. The molecule has 0 aliphatic carbocycles. The number of carbonyl (C=O) groups is 1. The van der Waals surface area contributed by atoms with Crippen molar-refractivity contribution in [1.29, 1.82) is 0 Å². The summed E-state index contributed by atoms with van der Waals surface area (Å²) in [7, 11) is 0. The fraction of sp³-hybridized carbons (Fsp3) is 0.316. The Morgan fingerprint density at radius 2 is 1.78 bits per heavy atom. The molecule has 0 atom stereocenters. The van der Waals surface area contributed by atoms with E-state index in [-0.39, 0.29) is 23.7 Å². The first kappa shape index (κ1) is 19.0. The molecule has 0 aromatic heterocycles. The Hall–Kier alpha value is -2.00. The summed E-state index contributed by atoms with van der Waals surface area (Å²) >= 11 is 0. The van der Waals surface area contributed by atoms with Gasteiger partial charge in [-0.3, -0.25) is 4.79 Å². The highest BCUT2D eigenvalue weighted by Gasteiger charge is 2.21. The van der Waals surface area contributed by atoms with Crippen LogP contribution in [-0.2, 0) is 16.6 Å². The van der Waals surface area contributed by atoms with E-state index in [1.165, 1.54) is 11.1 Å². The van der Waals surface area contributed by atoms with Crippen molar-refractivity contribution in [2.75, 3.05) is 12.3 Å². The molecule has 3 N–H and O–H groups in total. The van der Waals surface area contributed by atoms with Crippen LogP contribution in [0.2, 0.25) is 0 Å². The number of carbonyl (C=O) groups excluding carboxylic acids is 1. The number of nitrogens with two attached hydrogens (primary N) is 1. The molecular formula is C19H25ClN2O. The zero-order chi connectivity index (χ0) is 16.2. The van der Waals surface area contributed by atoms with Gasteiger partial charge in [0, 0.05) is 17.6 Å². The zero-order valence-corrected chi connectivity index (χ0v) is 14.7. The van der Waals surface area contributed by atoms with E-state index >= 15 is 0 Å². The number of halogens is 1. The van der Waals surface area contributed by atoms with Crippen molar-refractivity contribution < 1.29 is 4.79 Å². The van der Waals surface area contributed by atoms with Crippen LogP contribution in [0.5, 0.6) is 0 Å². The van der Waals surface area contributed by atoms with Crippen LogP contribution in [0, 0.1) is 6.92 Å². The number of anilines is 1. The van der Waals surface area contributed by atoms with E-state index in [4.69, 9.17) is 5.73 Å². The third-order valence-electron chi connectivity index (χ3n) is 3.87. The Morgan fingerprint density at radius 3 is 2.39 bits per heavy atom. The highest BCUT2D eigenvalue weighted by atomic mass is 35.5. The maximum Gasteiger partial charge on any atom is 0.224 e. The van der Waals surface area contributed by atoms with Crippen molar-refractivity contribution in [2.24, 2.45) is 0 Å². The molecule has 23 heavy (non-hydrogen) atoms. The molecule has 0 saturated heterocycles. The molecule has 0 fully saturated rings. The molecule has 0 unspecified atom stereocenters. The Morgan fingerprint density at radius 1 is 1.13 bits per heavy atom. The number of amides is 1. The quantitative estimate of drug-likeness (QED) is 0.821. The minimum Gasteiger partial charge on any atom is -0.399 e. The van der Waals surface area contributed by atoms with Crippen molar-refractivity contribution in [3.8, 4) is 0 Å². The van der Waals surface area contributed by atoms with Gasteiger partial charge in [-0.05, 0) is 30.2 Å². The average Bonchev–Trinajstić information content (AvgIpc) is 2.48. The Bertz CT molecular complexity index is 651. The van der Waals surface area contributed by atoms with Gasteiger partial charge in [0.15, 0.2) is 0 Å². The van der Waals surface area contributed by atoms with Crippen molar-refractivity contribution >= 4 is 24.0 Å². The smallest absolute Gasteiger partial charge is 0.224 e. The molecule has 0 saturated carbocycles. The zero-order valence-electron chi connectivity index (χ0n) is 13.9. The van der Waals surface area contributed by atoms with E-state index in [0.29, 0.717) is 18.7 Å². The molecule has 3 nitrogen and oxygen atoms in total. The molecule has 2 aromatic rings. The normalized spacial score (nSPS) is 10.7. The molecule has 0 radical (unpaired) electrons. The monoisotopic (exact) mass is 332 g/mol. The van der Waals surface area contributed by atoms with Crippen LogP contribution in [0.1, 0.15) is 30.5 Å². The van der Waals surface area contributed by atoms with Crippen molar-refractivity contribution in [3.05, 3.63) is 65.2 Å². The lowest BCUT2D eigenvalue weighted by atomic mass is 9.84. The fourth-order valence-corrected chi connectivity index (χ4v) is 2.37.